The minimum atomic E-state index is 0.636. The number of benzene rings is 4. The van der Waals surface area contributed by atoms with Crippen LogP contribution in [0, 0.1) is 13.8 Å². The molecule has 0 spiro atoms. The number of aryl methyl sites for hydroxylation is 2. The lowest BCUT2D eigenvalue weighted by atomic mass is 10.1. The van der Waals surface area contributed by atoms with E-state index in [1.165, 1.54) is 11.1 Å². The molecule has 4 heteroatoms. The van der Waals surface area contributed by atoms with Gasteiger partial charge in [-0.05, 0) is 50.2 Å². The van der Waals surface area contributed by atoms with Gasteiger partial charge in [-0.1, -0.05) is 124 Å². The third kappa shape index (κ3) is 6.90. The molecule has 4 nitrogen and oxygen atoms in total. The van der Waals surface area contributed by atoms with Crippen LogP contribution in [0.25, 0.3) is 33.9 Å². The van der Waals surface area contributed by atoms with E-state index in [-0.39, 0.29) is 0 Å². The summed E-state index contributed by atoms with van der Waals surface area (Å²) >= 11 is 0. The van der Waals surface area contributed by atoms with Gasteiger partial charge in [-0.2, -0.15) is 10.2 Å². The highest BCUT2D eigenvalue weighted by molar-refractivity contribution is 5.64. The first-order valence-electron chi connectivity index (χ1n) is 14.6. The summed E-state index contributed by atoms with van der Waals surface area (Å²) in [6, 6.07) is 42.2. The fraction of sp³-hybridized carbons (Fsp3) is 0.189. The van der Waals surface area contributed by atoms with Crippen molar-refractivity contribution in [1.29, 1.82) is 0 Å². The van der Waals surface area contributed by atoms with Gasteiger partial charge in [0, 0.05) is 17.5 Å². The smallest absolute Gasteiger partial charge is 0.0743 e. The summed E-state index contributed by atoms with van der Waals surface area (Å²) in [6.07, 6.45) is 0.636. The van der Waals surface area contributed by atoms with Gasteiger partial charge in [0.25, 0.3) is 0 Å². The van der Waals surface area contributed by atoms with Crippen LogP contribution < -0.4 is 0 Å². The van der Waals surface area contributed by atoms with Crippen molar-refractivity contribution in [3.05, 3.63) is 144 Å². The molecule has 0 N–H and O–H groups in total. The van der Waals surface area contributed by atoms with Gasteiger partial charge in [-0.3, -0.25) is 0 Å². The van der Waals surface area contributed by atoms with Crippen LogP contribution in [0.5, 0.6) is 0 Å². The van der Waals surface area contributed by atoms with Crippen molar-refractivity contribution < 1.29 is 0 Å². The molecule has 6 aromatic rings. The molecule has 4 aromatic carbocycles. The molecule has 0 atom stereocenters. The first-order valence-corrected chi connectivity index (χ1v) is 14.6. The average Bonchev–Trinajstić information content (AvgIpc) is 3.66. The molecule has 0 fully saturated rings. The van der Waals surface area contributed by atoms with Gasteiger partial charge in [0.15, 0.2) is 0 Å². The second-order valence-corrected chi connectivity index (χ2v) is 9.45. The largest absolute Gasteiger partial charge is 0.233 e. The molecular weight excluding hydrogens is 500 g/mol. The van der Waals surface area contributed by atoms with Gasteiger partial charge in [-0.15, -0.1) is 0 Å². The van der Waals surface area contributed by atoms with Gasteiger partial charge < -0.3 is 0 Å². The second kappa shape index (κ2) is 14.1. The Bertz CT molecular complexity index is 1500. The Balaban J connectivity index is 0.000000929. The lowest BCUT2D eigenvalue weighted by Gasteiger charge is -2.08. The SMILES string of the molecule is CC.CC.Cc1ccc(-n2nc(Cc3cc(-c4ccccc4)n(-c4ccc(C)cc4)n3)cc2-c2ccccc2)cc1. The zero-order chi connectivity index (χ0) is 29.2. The molecule has 0 aliphatic heterocycles. The predicted molar refractivity (Wildman–Crippen MR) is 173 cm³/mol. The fourth-order valence-electron chi connectivity index (χ4n) is 4.61. The summed E-state index contributed by atoms with van der Waals surface area (Å²) in [5.74, 6) is 0. The molecule has 208 valence electrons. The summed E-state index contributed by atoms with van der Waals surface area (Å²) in [6.45, 7) is 12.2. The molecule has 0 saturated heterocycles. The monoisotopic (exact) mass is 540 g/mol. The topological polar surface area (TPSA) is 35.6 Å². The van der Waals surface area contributed by atoms with Crippen molar-refractivity contribution >= 4 is 0 Å². The molecule has 0 unspecified atom stereocenters. The van der Waals surface area contributed by atoms with Crippen LogP contribution in [0.4, 0.5) is 0 Å². The summed E-state index contributed by atoms with van der Waals surface area (Å²) in [5, 5.41) is 10.1. The number of hydrogen-bond donors (Lipinski definition) is 0. The average molecular weight is 541 g/mol. The maximum Gasteiger partial charge on any atom is 0.0743 e. The van der Waals surface area contributed by atoms with E-state index in [1.54, 1.807) is 0 Å². The highest BCUT2D eigenvalue weighted by Gasteiger charge is 2.16. The van der Waals surface area contributed by atoms with Crippen LogP contribution in [0.1, 0.15) is 50.2 Å². The molecule has 2 heterocycles. The van der Waals surface area contributed by atoms with E-state index in [9.17, 15) is 0 Å². The van der Waals surface area contributed by atoms with Crippen LogP contribution in [-0.4, -0.2) is 19.6 Å². The van der Waals surface area contributed by atoms with E-state index in [4.69, 9.17) is 10.2 Å². The van der Waals surface area contributed by atoms with E-state index in [0.717, 1.165) is 45.3 Å². The van der Waals surface area contributed by atoms with E-state index in [2.05, 4.69) is 123 Å². The first kappa shape index (κ1) is 29.3. The maximum atomic E-state index is 5.05. The van der Waals surface area contributed by atoms with E-state index in [1.807, 2.05) is 49.2 Å². The first-order chi connectivity index (χ1) is 20.1. The molecule has 2 aromatic heterocycles. The van der Waals surface area contributed by atoms with Crippen molar-refractivity contribution in [1.82, 2.24) is 19.6 Å². The summed E-state index contributed by atoms with van der Waals surface area (Å²) in [4.78, 5) is 0. The third-order valence-corrected chi connectivity index (χ3v) is 6.58. The Morgan fingerprint density at radius 2 is 0.805 bits per heavy atom. The zero-order valence-corrected chi connectivity index (χ0v) is 25.0. The number of aromatic nitrogens is 4. The molecule has 0 saturated carbocycles. The summed E-state index contributed by atoms with van der Waals surface area (Å²) in [7, 11) is 0. The lowest BCUT2D eigenvalue weighted by molar-refractivity contribution is 0.822. The van der Waals surface area contributed by atoms with Crippen LogP contribution in [-0.2, 0) is 6.42 Å². The van der Waals surface area contributed by atoms with E-state index >= 15 is 0 Å². The van der Waals surface area contributed by atoms with Crippen molar-refractivity contribution in [2.45, 2.75) is 48.0 Å². The molecule has 0 bridgehead atoms. The Labute approximate surface area is 244 Å². The molecule has 0 amide bonds. The number of rotatable bonds is 6. The minimum absolute atomic E-state index is 0.636. The Hall–Kier alpha value is -4.70. The molecule has 41 heavy (non-hydrogen) atoms. The highest BCUT2D eigenvalue weighted by atomic mass is 15.3. The molecule has 6 rings (SSSR count). The normalized spacial score (nSPS) is 10.3. The van der Waals surface area contributed by atoms with Crippen molar-refractivity contribution in [2.24, 2.45) is 0 Å². The van der Waals surface area contributed by atoms with E-state index < -0.39 is 0 Å². The Kier molecular flexibility index (Phi) is 10.1. The van der Waals surface area contributed by atoms with Crippen LogP contribution in [0.2, 0.25) is 0 Å². The number of nitrogens with zero attached hydrogens (tertiary/aromatic N) is 4. The van der Waals surface area contributed by atoms with Gasteiger partial charge in [0.2, 0.25) is 0 Å². The highest BCUT2D eigenvalue weighted by Crippen LogP contribution is 2.28. The lowest BCUT2D eigenvalue weighted by Crippen LogP contribution is -2.01. The molecule has 0 aliphatic rings. The van der Waals surface area contributed by atoms with Gasteiger partial charge >= 0.3 is 0 Å². The molecule has 0 aliphatic carbocycles. The third-order valence-electron chi connectivity index (χ3n) is 6.58. The maximum absolute atomic E-state index is 5.05. The van der Waals surface area contributed by atoms with Crippen molar-refractivity contribution in [3.8, 4) is 33.9 Å². The zero-order valence-electron chi connectivity index (χ0n) is 25.0. The van der Waals surface area contributed by atoms with Gasteiger partial charge in [-0.25, -0.2) is 9.36 Å². The Morgan fingerprint density at radius 3 is 1.15 bits per heavy atom. The standard InChI is InChI=1S/C33H28N4.2C2H6/c1-24-13-17-30(18-14-24)36-32(26-9-5-3-6-10-26)22-28(34-36)21-29-23-33(27-11-7-4-8-12-27)37(35-29)31-19-15-25(2)16-20-31;2*1-2/h3-20,22-23H,21H2,1-2H3;2*1-2H3. The van der Waals surface area contributed by atoms with E-state index in [0.29, 0.717) is 6.42 Å². The predicted octanol–water partition coefficient (Wildman–Crippen LogP) is 9.65. The van der Waals surface area contributed by atoms with Crippen molar-refractivity contribution in [2.75, 3.05) is 0 Å². The quantitative estimate of drug-likeness (QED) is 0.211. The van der Waals surface area contributed by atoms with Gasteiger partial charge in [0.1, 0.15) is 0 Å². The van der Waals surface area contributed by atoms with Crippen LogP contribution >= 0.6 is 0 Å². The van der Waals surface area contributed by atoms with Crippen LogP contribution in [0.15, 0.2) is 121 Å². The second-order valence-electron chi connectivity index (χ2n) is 9.45. The van der Waals surface area contributed by atoms with Gasteiger partial charge in [0.05, 0.1) is 34.2 Å². The summed E-state index contributed by atoms with van der Waals surface area (Å²) < 4.78 is 4.08. The molecule has 0 radical (unpaired) electrons. The van der Waals surface area contributed by atoms with Crippen LogP contribution in [0.3, 0.4) is 0 Å². The fourth-order valence-corrected chi connectivity index (χ4v) is 4.61. The molecular formula is C37H40N4. The van der Waals surface area contributed by atoms with Crippen molar-refractivity contribution in [3.63, 3.8) is 0 Å². The number of hydrogen-bond acceptors (Lipinski definition) is 2. The summed E-state index contributed by atoms with van der Waals surface area (Å²) in [5.41, 5.74) is 10.9. The Morgan fingerprint density at radius 1 is 0.463 bits per heavy atom. The minimum Gasteiger partial charge on any atom is -0.233 e.